The fourth-order valence-corrected chi connectivity index (χ4v) is 11.1. The van der Waals surface area contributed by atoms with Crippen LogP contribution in [0.15, 0.2) is 0 Å². The van der Waals surface area contributed by atoms with Gasteiger partial charge in [0.2, 0.25) is 0 Å². The SMILES string of the molecule is CCOCCP1CCCP(CCOCC)CCCP(CCOCC)CCC1. The molecule has 0 amide bonds. The van der Waals surface area contributed by atoms with Gasteiger partial charge in [0.25, 0.3) is 0 Å². The molecule has 0 aromatic carbocycles. The van der Waals surface area contributed by atoms with Gasteiger partial charge in [-0.15, -0.1) is 23.8 Å². The highest BCUT2D eigenvalue weighted by molar-refractivity contribution is 7.59. The van der Waals surface area contributed by atoms with Gasteiger partial charge in [-0.1, -0.05) is 0 Å². The van der Waals surface area contributed by atoms with Gasteiger partial charge in [-0.3, -0.25) is 0 Å². The molecule has 0 N–H and O–H groups in total. The van der Waals surface area contributed by atoms with Crippen molar-refractivity contribution in [1.82, 2.24) is 0 Å². The molecule has 0 aliphatic carbocycles. The predicted octanol–water partition coefficient (Wildman–Crippen LogP) is 5.73. The van der Waals surface area contributed by atoms with Crippen molar-refractivity contribution >= 4 is 23.8 Å². The summed E-state index contributed by atoms with van der Waals surface area (Å²) in [4.78, 5) is 0. The second-order valence-corrected chi connectivity index (χ2v) is 15.2. The van der Waals surface area contributed by atoms with Crippen molar-refractivity contribution in [3.05, 3.63) is 0 Å². The Morgan fingerprint density at radius 2 is 0.741 bits per heavy atom. The van der Waals surface area contributed by atoms with E-state index >= 15 is 0 Å². The molecule has 0 aromatic heterocycles. The summed E-state index contributed by atoms with van der Waals surface area (Å²) >= 11 is 0. The Morgan fingerprint density at radius 1 is 0.481 bits per heavy atom. The first-order chi connectivity index (χ1) is 13.3. The summed E-state index contributed by atoms with van der Waals surface area (Å²) in [6.45, 7) is 11.9. The van der Waals surface area contributed by atoms with Crippen LogP contribution in [-0.2, 0) is 14.2 Å². The van der Waals surface area contributed by atoms with Gasteiger partial charge in [0, 0.05) is 19.8 Å². The number of rotatable bonds is 12. The van der Waals surface area contributed by atoms with Gasteiger partial charge < -0.3 is 14.2 Å². The Labute approximate surface area is 173 Å². The smallest absolute Gasteiger partial charge is 0.0505 e. The van der Waals surface area contributed by atoms with Crippen molar-refractivity contribution in [3.8, 4) is 0 Å². The second kappa shape index (κ2) is 19.2. The van der Waals surface area contributed by atoms with E-state index in [1.54, 1.807) is 0 Å². The maximum atomic E-state index is 5.67. The van der Waals surface area contributed by atoms with Crippen LogP contribution in [0.1, 0.15) is 40.0 Å². The highest BCUT2D eigenvalue weighted by atomic mass is 31.1. The highest BCUT2D eigenvalue weighted by Crippen LogP contribution is 2.46. The van der Waals surface area contributed by atoms with Crippen LogP contribution in [0.5, 0.6) is 0 Å². The van der Waals surface area contributed by atoms with Gasteiger partial charge in [0.05, 0.1) is 19.8 Å². The molecule has 0 atom stereocenters. The zero-order valence-corrected chi connectivity index (χ0v) is 21.0. The van der Waals surface area contributed by atoms with E-state index in [-0.39, 0.29) is 23.8 Å². The van der Waals surface area contributed by atoms with Crippen LogP contribution >= 0.6 is 23.8 Å². The summed E-state index contributed by atoms with van der Waals surface area (Å²) < 4.78 is 17.0. The molecule has 1 rings (SSSR count). The highest BCUT2D eigenvalue weighted by Gasteiger charge is 2.16. The average molecular weight is 439 g/mol. The van der Waals surface area contributed by atoms with Gasteiger partial charge in [-0.25, -0.2) is 0 Å². The van der Waals surface area contributed by atoms with Crippen LogP contribution in [0.3, 0.4) is 0 Å². The predicted molar refractivity (Wildman–Crippen MR) is 128 cm³/mol. The maximum Gasteiger partial charge on any atom is 0.0505 e. The van der Waals surface area contributed by atoms with E-state index in [2.05, 4.69) is 20.8 Å². The van der Waals surface area contributed by atoms with Crippen LogP contribution in [0, 0.1) is 0 Å². The molecule has 6 heteroatoms. The van der Waals surface area contributed by atoms with E-state index in [1.165, 1.54) is 74.7 Å². The minimum Gasteiger partial charge on any atom is -0.381 e. The molecule has 1 saturated heterocycles. The van der Waals surface area contributed by atoms with Crippen molar-refractivity contribution in [2.75, 3.05) is 95.1 Å². The third-order valence-corrected chi connectivity index (χ3v) is 13.3. The summed E-state index contributed by atoms with van der Waals surface area (Å²) in [5.41, 5.74) is 0. The quantitative estimate of drug-likeness (QED) is 0.288. The summed E-state index contributed by atoms with van der Waals surface area (Å²) in [7, 11) is 0.560. The molecule has 1 aliphatic rings. The third kappa shape index (κ3) is 14.7. The molecule has 0 aromatic rings. The van der Waals surface area contributed by atoms with Crippen LogP contribution < -0.4 is 0 Å². The molecule has 0 unspecified atom stereocenters. The molecule has 1 fully saturated rings. The van der Waals surface area contributed by atoms with Gasteiger partial charge in [-0.05, 0) is 95.5 Å². The lowest BCUT2D eigenvalue weighted by molar-refractivity contribution is 0.164. The third-order valence-electron chi connectivity index (χ3n) is 5.11. The minimum atomic E-state index is 0.187. The largest absolute Gasteiger partial charge is 0.381 e. The first kappa shape index (κ1) is 26.2. The molecular weight excluding hydrogens is 393 g/mol. The lowest BCUT2D eigenvalue weighted by Gasteiger charge is -2.25. The van der Waals surface area contributed by atoms with Crippen LogP contribution in [-0.4, -0.2) is 95.1 Å². The first-order valence-corrected chi connectivity index (χ1v) is 16.9. The monoisotopic (exact) mass is 438 g/mol. The molecule has 0 bridgehead atoms. The van der Waals surface area contributed by atoms with Gasteiger partial charge in [0.15, 0.2) is 0 Å². The first-order valence-electron chi connectivity index (χ1n) is 11.2. The zero-order chi connectivity index (χ0) is 19.6. The Hall–Kier alpha value is 1.17. The van der Waals surface area contributed by atoms with E-state index in [4.69, 9.17) is 14.2 Å². The summed E-state index contributed by atoms with van der Waals surface area (Å²) in [6, 6.07) is 0. The van der Waals surface area contributed by atoms with Crippen LogP contribution in [0.25, 0.3) is 0 Å². The Morgan fingerprint density at radius 3 is 0.963 bits per heavy atom. The van der Waals surface area contributed by atoms with E-state index in [0.717, 1.165) is 39.6 Å². The number of ether oxygens (including phenoxy) is 3. The van der Waals surface area contributed by atoms with Crippen molar-refractivity contribution in [2.24, 2.45) is 0 Å². The fraction of sp³-hybridized carbons (Fsp3) is 1.00. The molecule has 162 valence electrons. The fourth-order valence-electron chi connectivity index (χ4n) is 3.57. The standard InChI is InChI=1S/C21H45O3P3/c1-4-22-10-19-25-13-7-15-26(20-11-23-5-2)17-9-18-27(16-8-14-25)21-12-24-6-3/h4-21H2,1-3H3. The Balaban J connectivity index is 2.52. The Kier molecular flexibility index (Phi) is 18.6. The zero-order valence-electron chi connectivity index (χ0n) is 18.3. The van der Waals surface area contributed by atoms with Crippen molar-refractivity contribution in [1.29, 1.82) is 0 Å². The van der Waals surface area contributed by atoms with E-state index < -0.39 is 0 Å². The molecule has 27 heavy (non-hydrogen) atoms. The molecule has 3 nitrogen and oxygen atoms in total. The molecule has 0 radical (unpaired) electrons. The molecular formula is C21H45O3P3. The van der Waals surface area contributed by atoms with Gasteiger partial charge in [-0.2, -0.15) is 0 Å². The normalized spacial score (nSPS) is 25.7. The summed E-state index contributed by atoms with van der Waals surface area (Å²) in [5.74, 6) is 0. The average Bonchev–Trinajstić information content (AvgIpc) is 2.66. The maximum absolute atomic E-state index is 5.67. The van der Waals surface area contributed by atoms with Crippen molar-refractivity contribution < 1.29 is 14.2 Å². The van der Waals surface area contributed by atoms with E-state index in [9.17, 15) is 0 Å². The minimum absolute atomic E-state index is 0.187. The molecule has 1 aliphatic heterocycles. The van der Waals surface area contributed by atoms with Gasteiger partial charge in [0.1, 0.15) is 0 Å². The van der Waals surface area contributed by atoms with Crippen molar-refractivity contribution in [2.45, 2.75) is 40.0 Å². The number of hydrogen-bond acceptors (Lipinski definition) is 3. The summed E-state index contributed by atoms with van der Waals surface area (Å²) in [5, 5.41) is 0. The van der Waals surface area contributed by atoms with Crippen LogP contribution in [0.4, 0.5) is 0 Å². The topological polar surface area (TPSA) is 27.7 Å². The Bertz CT molecular complexity index is 261. The van der Waals surface area contributed by atoms with E-state index in [1.807, 2.05) is 0 Å². The summed E-state index contributed by atoms with van der Waals surface area (Å²) in [6.07, 6.45) is 17.2. The lowest BCUT2D eigenvalue weighted by atomic mass is 10.5. The molecule has 0 spiro atoms. The van der Waals surface area contributed by atoms with Gasteiger partial charge >= 0.3 is 0 Å². The molecule has 0 saturated carbocycles. The second-order valence-electron chi connectivity index (χ2n) is 7.18. The molecule has 1 heterocycles. The van der Waals surface area contributed by atoms with Crippen LogP contribution in [0.2, 0.25) is 0 Å². The number of hydrogen-bond donors (Lipinski definition) is 0. The van der Waals surface area contributed by atoms with E-state index in [0.29, 0.717) is 0 Å². The lowest BCUT2D eigenvalue weighted by Crippen LogP contribution is -2.10. The van der Waals surface area contributed by atoms with Crippen molar-refractivity contribution in [3.63, 3.8) is 0 Å².